The number of methoxy groups -OCH3 is 1. The van der Waals surface area contributed by atoms with Crippen molar-refractivity contribution in [1.29, 1.82) is 0 Å². The third-order valence-electron chi connectivity index (χ3n) is 9.42. The first kappa shape index (κ1) is 23.9. The SMILES string of the molecule is CCC1c2c(-c3ccccc3C)c3c(c4c5ccccc5n(c24)C2(C)OC1CC(NC)C2OC)C(=O)NC3. The van der Waals surface area contributed by atoms with Gasteiger partial charge in [0.25, 0.3) is 5.91 Å². The zero-order valence-corrected chi connectivity index (χ0v) is 22.7. The summed E-state index contributed by atoms with van der Waals surface area (Å²) in [6.07, 6.45) is 1.58. The molecule has 0 radical (unpaired) electrons. The van der Waals surface area contributed by atoms with Crippen LogP contribution in [0.15, 0.2) is 48.5 Å². The van der Waals surface area contributed by atoms with E-state index in [-0.39, 0.29) is 30.1 Å². The van der Waals surface area contributed by atoms with E-state index >= 15 is 0 Å². The smallest absolute Gasteiger partial charge is 0.252 e. The number of carbonyl (C=O) groups excluding carboxylic acids is 1. The first-order valence-electron chi connectivity index (χ1n) is 13.8. The molecule has 1 fully saturated rings. The lowest BCUT2D eigenvalue weighted by atomic mass is 9.77. The minimum Gasteiger partial charge on any atom is -0.375 e. The Balaban J connectivity index is 1.76. The van der Waals surface area contributed by atoms with Crippen molar-refractivity contribution in [2.45, 2.75) is 70.1 Å². The molecule has 3 aliphatic rings. The van der Waals surface area contributed by atoms with Crippen LogP contribution in [0.25, 0.3) is 32.9 Å². The summed E-state index contributed by atoms with van der Waals surface area (Å²) in [4.78, 5) is 13.6. The lowest BCUT2D eigenvalue weighted by Crippen LogP contribution is -2.61. The van der Waals surface area contributed by atoms with E-state index < -0.39 is 5.72 Å². The Bertz CT molecular complexity index is 1620. The fourth-order valence-corrected chi connectivity index (χ4v) is 7.87. The molecule has 1 amide bonds. The van der Waals surface area contributed by atoms with Crippen molar-refractivity contribution in [2.24, 2.45) is 0 Å². The zero-order chi connectivity index (χ0) is 26.3. The molecule has 4 aromatic rings. The Kier molecular flexibility index (Phi) is 5.28. The van der Waals surface area contributed by atoms with Crippen LogP contribution in [0, 0.1) is 6.92 Å². The summed E-state index contributed by atoms with van der Waals surface area (Å²) in [5.41, 5.74) is 8.28. The summed E-state index contributed by atoms with van der Waals surface area (Å²) < 4.78 is 15.8. The summed E-state index contributed by atoms with van der Waals surface area (Å²) in [6.45, 7) is 7.15. The van der Waals surface area contributed by atoms with Crippen LogP contribution in [0.4, 0.5) is 0 Å². The number of aromatic nitrogens is 1. The maximum absolute atomic E-state index is 13.6. The summed E-state index contributed by atoms with van der Waals surface area (Å²) >= 11 is 0. The predicted octanol–water partition coefficient (Wildman–Crippen LogP) is 5.59. The Morgan fingerprint density at radius 1 is 1.16 bits per heavy atom. The fraction of sp³-hybridized carbons (Fsp3) is 0.406. The number of ether oxygens (including phenoxy) is 2. The van der Waals surface area contributed by atoms with Crippen LogP contribution in [0.1, 0.15) is 59.7 Å². The molecule has 7 rings (SSSR count). The maximum Gasteiger partial charge on any atom is 0.252 e. The fourth-order valence-electron chi connectivity index (χ4n) is 7.87. The van der Waals surface area contributed by atoms with Gasteiger partial charge in [0.2, 0.25) is 0 Å². The highest BCUT2D eigenvalue weighted by molar-refractivity contribution is 6.22. The number of nitrogens with zero attached hydrogens (tertiary/aromatic N) is 1. The van der Waals surface area contributed by atoms with E-state index in [0.717, 1.165) is 45.8 Å². The van der Waals surface area contributed by atoms with Crippen molar-refractivity contribution in [1.82, 2.24) is 15.2 Å². The molecule has 3 aromatic carbocycles. The van der Waals surface area contributed by atoms with Crippen LogP contribution in [-0.2, 0) is 21.7 Å². The number of benzene rings is 3. The minimum atomic E-state index is -0.766. The van der Waals surface area contributed by atoms with E-state index in [2.05, 4.69) is 84.5 Å². The van der Waals surface area contributed by atoms with Crippen molar-refractivity contribution < 1.29 is 14.3 Å². The standard InChI is InChI=1S/C32H35N3O3/c1-6-18-24-15-22(33-4)30(37-5)32(3,38-24)35-23-14-10-9-13-20(23)27-28-21(16-34-31(28)36)25(26(18)29(27)35)19-12-8-7-11-17(19)2/h7-14,18,22,24,30,33H,6,15-16H2,1-5H3,(H,34,36). The molecule has 3 aliphatic heterocycles. The van der Waals surface area contributed by atoms with E-state index in [1.807, 2.05) is 7.05 Å². The van der Waals surface area contributed by atoms with Crippen molar-refractivity contribution in [3.05, 3.63) is 70.8 Å². The van der Waals surface area contributed by atoms with Gasteiger partial charge in [0.05, 0.1) is 22.7 Å². The number of aryl methyl sites for hydroxylation is 1. The Labute approximate surface area is 223 Å². The molecule has 1 aromatic heterocycles. The molecule has 5 atom stereocenters. The highest BCUT2D eigenvalue weighted by Gasteiger charge is 2.54. The normalized spacial score (nSPS) is 28.0. The zero-order valence-electron chi connectivity index (χ0n) is 22.7. The number of hydrogen-bond acceptors (Lipinski definition) is 4. The third kappa shape index (κ3) is 2.91. The van der Waals surface area contributed by atoms with Crippen LogP contribution in [0.3, 0.4) is 0 Å². The second-order valence-electron chi connectivity index (χ2n) is 11.2. The van der Waals surface area contributed by atoms with Gasteiger partial charge in [-0.25, -0.2) is 0 Å². The van der Waals surface area contributed by atoms with Crippen molar-refractivity contribution in [3.8, 4) is 11.1 Å². The minimum absolute atomic E-state index is 0.00148. The number of carbonyl (C=O) groups is 1. The monoisotopic (exact) mass is 509 g/mol. The number of amides is 1. The van der Waals surface area contributed by atoms with Crippen LogP contribution in [0.5, 0.6) is 0 Å². The van der Waals surface area contributed by atoms with Gasteiger partial charge in [0.1, 0.15) is 6.10 Å². The highest BCUT2D eigenvalue weighted by Crippen LogP contribution is 2.55. The molecule has 196 valence electrons. The Hall–Kier alpha value is -3.19. The molecule has 0 spiro atoms. The lowest BCUT2D eigenvalue weighted by Gasteiger charge is -2.49. The largest absolute Gasteiger partial charge is 0.375 e. The molecule has 38 heavy (non-hydrogen) atoms. The van der Waals surface area contributed by atoms with Gasteiger partial charge in [0, 0.05) is 36.4 Å². The first-order valence-corrected chi connectivity index (χ1v) is 13.8. The molecule has 2 bridgehead atoms. The number of nitrogens with one attached hydrogen (secondary N) is 2. The average molecular weight is 510 g/mol. The van der Waals surface area contributed by atoms with Gasteiger partial charge in [-0.15, -0.1) is 0 Å². The van der Waals surface area contributed by atoms with E-state index in [0.29, 0.717) is 6.54 Å². The summed E-state index contributed by atoms with van der Waals surface area (Å²) in [5.74, 6) is 0.165. The second-order valence-corrected chi connectivity index (χ2v) is 11.2. The number of fused-ring (bicyclic) bond motifs is 8. The maximum atomic E-state index is 13.6. The molecular formula is C32H35N3O3. The number of rotatable bonds is 4. The van der Waals surface area contributed by atoms with Gasteiger partial charge in [-0.3, -0.25) is 4.79 Å². The number of likely N-dealkylation sites (N-methyl/N-ethyl adjacent to an activating group) is 1. The van der Waals surface area contributed by atoms with E-state index in [9.17, 15) is 4.79 Å². The molecule has 1 saturated heterocycles. The van der Waals surface area contributed by atoms with E-state index in [4.69, 9.17) is 9.47 Å². The third-order valence-corrected chi connectivity index (χ3v) is 9.42. The molecule has 2 N–H and O–H groups in total. The lowest BCUT2D eigenvalue weighted by molar-refractivity contribution is -0.242. The molecule has 6 heteroatoms. The average Bonchev–Trinajstić information content (AvgIpc) is 3.45. The van der Waals surface area contributed by atoms with Gasteiger partial charge < -0.3 is 24.7 Å². The topological polar surface area (TPSA) is 64.5 Å². The Morgan fingerprint density at radius 2 is 1.92 bits per heavy atom. The van der Waals surface area contributed by atoms with Gasteiger partial charge in [-0.1, -0.05) is 49.4 Å². The quantitative estimate of drug-likeness (QED) is 0.377. The second kappa shape index (κ2) is 8.40. The molecule has 4 heterocycles. The van der Waals surface area contributed by atoms with Gasteiger partial charge >= 0.3 is 0 Å². The van der Waals surface area contributed by atoms with E-state index in [1.54, 1.807) is 7.11 Å². The summed E-state index contributed by atoms with van der Waals surface area (Å²) in [5, 5.41) is 8.87. The van der Waals surface area contributed by atoms with Crippen molar-refractivity contribution in [2.75, 3.05) is 14.2 Å². The number of hydrogen-bond donors (Lipinski definition) is 2. The van der Waals surface area contributed by atoms with Gasteiger partial charge in [0.15, 0.2) is 5.72 Å². The van der Waals surface area contributed by atoms with Crippen LogP contribution >= 0.6 is 0 Å². The predicted molar refractivity (Wildman–Crippen MR) is 151 cm³/mol. The van der Waals surface area contributed by atoms with Crippen LogP contribution < -0.4 is 10.6 Å². The molecule has 0 saturated carbocycles. The van der Waals surface area contributed by atoms with Crippen LogP contribution in [0.2, 0.25) is 0 Å². The van der Waals surface area contributed by atoms with Crippen LogP contribution in [-0.4, -0.2) is 42.9 Å². The Morgan fingerprint density at radius 3 is 2.66 bits per heavy atom. The van der Waals surface area contributed by atoms with Crippen molar-refractivity contribution in [3.63, 3.8) is 0 Å². The summed E-state index contributed by atoms with van der Waals surface area (Å²) in [6, 6.07) is 17.2. The van der Waals surface area contributed by atoms with Gasteiger partial charge in [-0.05, 0) is 67.6 Å². The molecule has 5 unspecified atom stereocenters. The first-order chi connectivity index (χ1) is 18.4. The highest BCUT2D eigenvalue weighted by atomic mass is 16.6. The molecule has 0 aliphatic carbocycles. The summed E-state index contributed by atoms with van der Waals surface area (Å²) in [7, 11) is 3.80. The van der Waals surface area contributed by atoms with Gasteiger partial charge in [-0.2, -0.15) is 0 Å². The van der Waals surface area contributed by atoms with E-state index in [1.165, 1.54) is 22.3 Å². The molecular weight excluding hydrogens is 474 g/mol. The number of para-hydroxylation sites is 1. The van der Waals surface area contributed by atoms with Crippen molar-refractivity contribution >= 4 is 27.7 Å². The molecule has 6 nitrogen and oxygen atoms in total.